The topological polar surface area (TPSA) is 128 Å². The highest BCUT2D eigenvalue weighted by molar-refractivity contribution is 6.32. The third-order valence-corrected chi connectivity index (χ3v) is 6.39. The van der Waals surface area contributed by atoms with Gasteiger partial charge in [-0.15, -0.1) is 0 Å². The number of pyridine rings is 2. The predicted octanol–water partition coefficient (Wildman–Crippen LogP) is 3.95. The van der Waals surface area contributed by atoms with Crippen molar-refractivity contribution in [1.82, 2.24) is 24.5 Å². The van der Waals surface area contributed by atoms with E-state index in [0.29, 0.717) is 28.9 Å². The molecule has 1 saturated heterocycles. The zero-order valence-corrected chi connectivity index (χ0v) is 20.5. The van der Waals surface area contributed by atoms with Crippen LogP contribution in [0.15, 0.2) is 49.1 Å². The molecule has 0 aliphatic carbocycles. The number of rotatable bonds is 7. The summed E-state index contributed by atoms with van der Waals surface area (Å²) < 4.78 is 1.97. The van der Waals surface area contributed by atoms with Crippen LogP contribution in [0.1, 0.15) is 25.3 Å². The molecule has 1 fully saturated rings. The Morgan fingerprint density at radius 1 is 1.17 bits per heavy atom. The van der Waals surface area contributed by atoms with Crippen molar-refractivity contribution in [2.24, 2.45) is 0 Å². The maximum Gasteiger partial charge on any atom is 0.229 e. The highest BCUT2D eigenvalue weighted by Crippen LogP contribution is 2.26. The van der Waals surface area contributed by atoms with Crippen LogP contribution < -0.4 is 15.5 Å². The molecule has 1 atom stereocenters. The fraction of sp³-hybridized carbons (Fsp3) is 0.320. The van der Waals surface area contributed by atoms with Crippen LogP contribution in [0.5, 0.6) is 0 Å². The molecule has 11 heteroatoms. The second-order valence-corrected chi connectivity index (χ2v) is 9.29. The molecule has 0 aromatic carbocycles. The van der Waals surface area contributed by atoms with Crippen molar-refractivity contribution in [2.45, 2.75) is 38.5 Å². The molecule has 4 aromatic rings. The number of nitriles is 1. The Kier molecular flexibility index (Phi) is 6.84. The number of hydrogen-bond donors (Lipinski definition) is 3. The maximum absolute atomic E-state index is 9.76. The lowest BCUT2D eigenvalue weighted by molar-refractivity contribution is 0.175. The molecule has 5 rings (SSSR count). The molecule has 0 bridgehead atoms. The van der Waals surface area contributed by atoms with Gasteiger partial charge in [-0.1, -0.05) is 11.6 Å². The molecule has 10 nitrogen and oxygen atoms in total. The van der Waals surface area contributed by atoms with Crippen LogP contribution in [-0.4, -0.2) is 54.8 Å². The zero-order valence-electron chi connectivity index (χ0n) is 19.8. The minimum Gasteiger partial charge on any atom is -0.392 e. The van der Waals surface area contributed by atoms with Crippen LogP contribution in [0, 0.1) is 11.3 Å². The van der Waals surface area contributed by atoms with E-state index in [1.165, 1.54) is 0 Å². The van der Waals surface area contributed by atoms with Gasteiger partial charge in [0.2, 0.25) is 5.95 Å². The molecule has 5 heterocycles. The van der Waals surface area contributed by atoms with Gasteiger partial charge in [0.05, 0.1) is 40.8 Å². The molecule has 0 radical (unpaired) electrons. The number of halogens is 1. The third kappa shape index (κ3) is 5.32. The molecular weight excluding hydrogens is 478 g/mol. The summed E-state index contributed by atoms with van der Waals surface area (Å²) in [5.74, 6) is 1.87. The van der Waals surface area contributed by atoms with Gasteiger partial charge in [-0.25, -0.2) is 9.97 Å². The number of aliphatic hydroxyl groups is 1. The molecular formula is C25H26ClN9O. The number of piperidine rings is 1. The van der Waals surface area contributed by atoms with Gasteiger partial charge in [0.25, 0.3) is 0 Å². The predicted molar refractivity (Wildman–Crippen MR) is 140 cm³/mol. The molecule has 1 unspecified atom stereocenters. The Hall–Kier alpha value is -3.94. The van der Waals surface area contributed by atoms with Crippen LogP contribution in [0.25, 0.3) is 11.0 Å². The summed E-state index contributed by atoms with van der Waals surface area (Å²) in [5, 5.41) is 25.8. The second kappa shape index (κ2) is 10.4. The van der Waals surface area contributed by atoms with E-state index in [-0.39, 0.29) is 6.04 Å². The first-order valence-electron chi connectivity index (χ1n) is 11.8. The lowest BCUT2D eigenvalue weighted by atomic mass is 10.0. The van der Waals surface area contributed by atoms with E-state index in [2.05, 4.69) is 41.5 Å². The van der Waals surface area contributed by atoms with Crippen molar-refractivity contribution in [3.63, 3.8) is 0 Å². The number of fused-ring (bicyclic) bond motifs is 1. The standard InChI is InChI=1S/C25H26ClN9O/c1-16(36)15-35-9-6-21-22(35)10-19(13-28-21)32-25-30-14-20(26)24(33-25)31-18-4-7-34(8-5-18)23-3-2-17(11-27)12-29-23/h2-3,6,9-10,12-14,16,18,36H,4-5,7-8,15H2,1H3,(H2,30,31,32,33). The van der Waals surface area contributed by atoms with E-state index in [0.717, 1.165) is 48.5 Å². The molecule has 184 valence electrons. The van der Waals surface area contributed by atoms with Crippen molar-refractivity contribution in [2.75, 3.05) is 28.6 Å². The van der Waals surface area contributed by atoms with Crippen molar-refractivity contribution >= 4 is 45.9 Å². The molecule has 1 aliphatic rings. The number of aliphatic hydroxyl groups excluding tert-OH is 1. The monoisotopic (exact) mass is 503 g/mol. The lowest BCUT2D eigenvalue weighted by Crippen LogP contribution is -2.39. The summed E-state index contributed by atoms with van der Waals surface area (Å²) in [7, 11) is 0. The van der Waals surface area contributed by atoms with Gasteiger partial charge >= 0.3 is 0 Å². The van der Waals surface area contributed by atoms with E-state index in [4.69, 9.17) is 16.9 Å². The average molecular weight is 504 g/mol. The van der Waals surface area contributed by atoms with Gasteiger partial charge in [0, 0.05) is 38.1 Å². The van der Waals surface area contributed by atoms with Crippen molar-refractivity contribution < 1.29 is 5.11 Å². The van der Waals surface area contributed by atoms with Crippen LogP contribution in [-0.2, 0) is 6.54 Å². The number of nitrogens with one attached hydrogen (secondary N) is 2. The molecule has 36 heavy (non-hydrogen) atoms. The zero-order chi connectivity index (χ0) is 25.1. The second-order valence-electron chi connectivity index (χ2n) is 8.88. The van der Waals surface area contributed by atoms with Gasteiger partial charge in [0.15, 0.2) is 5.82 Å². The SMILES string of the molecule is CC(O)Cn1ccc2ncc(Nc3ncc(Cl)c(NC4CCN(c5ccc(C#N)cn5)CC4)n3)cc21. The molecule has 0 spiro atoms. The quantitative estimate of drug-likeness (QED) is 0.343. The number of anilines is 4. The number of nitrogens with zero attached hydrogens (tertiary/aromatic N) is 7. The smallest absolute Gasteiger partial charge is 0.229 e. The highest BCUT2D eigenvalue weighted by atomic mass is 35.5. The summed E-state index contributed by atoms with van der Waals surface area (Å²) >= 11 is 6.40. The largest absolute Gasteiger partial charge is 0.392 e. The van der Waals surface area contributed by atoms with Gasteiger partial charge < -0.3 is 25.2 Å². The van der Waals surface area contributed by atoms with Gasteiger partial charge in [-0.3, -0.25) is 4.98 Å². The Morgan fingerprint density at radius 3 is 2.72 bits per heavy atom. The minimum atomic E-state index is -0.460. The Morgan fingerprint density at radius 2 is 2.00 bits per heavy atom. The van der Waals surface area contributed by atoms with Gasteiger partial charge in [0.1, 0.15) is 16.9 Å². The average Bonchev–Trinajstić information content (AvgIpc) is 3.28. The summed E-state index contributed by atoms with van der Waals surface area (Å²) in [6.07, 6.45) is 8.16. The lowest BCUT2D eigenvalue weighted by Gasteiger charge is -2.33. The molecule has 0 saturated carbocycles. The Labute approximate surface area is 213 Å². The summed E-state index contributed by atoms with van der Waals surface area (Å²) in [5.41, 5.74) is 3.06. The van der Waals surface area contributed by atoms with Crippen LogP contribution in [0.4, 0.5) is 23.3 Å². The molecule has 4 aromatic heterocycles. The highest BCUT2D eigenvalue weighted by Gasteiger charge is 2.21. The molecule has 3 N–H and O–H groups in total. The first-order valence-corrected chi connectivity index (χ1v) is 12.2. The van der Waals surface area contributed by atoms with Crippen LogP contribution in [0.2, 0.25) is 5.02 Å². The van der Waals surface area contributed by atoms with Crippen molar-refractivity contribution in [3.8, 4) is 6.07 Å². The van der Waals surface area contributed by atoms with E-state index in [1.807, 2.05) is 29.0 Å². The Bertz CT molecular complexity index is 1390. The fourth-order valence-electron chi connectivity index (χ4n) is 4.32. The van der Waals surface area contributed by atoms with Crippen molar-refractivity contribution in [1.29, 1.82) is 5.26 Å². The maximum atomic E-state index is 9.76. The number of hydrogen-bond acceptors (Lipinski definition) is 9. The van der Waals surface area contributed by atoms with Crippen LogP contribution in [0.3, 0.4) is 0 Å². The molecule has 1 aliphatic heterocycles. The van der Waals surface area contributed by atoms with E-state index in [9.17, 15) is 5.11 Å². The summed E-state index contributed by atoms with van der Waals surface area (Å²) in [6, 6.07) is 9.87. The van der Waals surface area contributed by atoms with Crippen LogP contribution >= 0.6 is 11.6 Å². The Balaban J connectivity index is 1.24. The first-order chi connectivity index (χ1) is 17.5. The molecule has 0 amide bonds. The van der Waals surface area contributed by atoms with Gasteiger partial charge in [-0.05, 0) is 44.0 Å². The van der Waals surface area contributed by atoms with E-state index < -0.39 is 6.10 Å². The van der Waals surface area contributed by atoms with Gasteiger partial charge in [-0.2, -0.15) is 10.2 Å². The summed E-state index contributed by atoms with van der Waals surface area (Å²) in [4.78, 5) is 20.0. The van der Waals surface area contributed by atoms with E-state index in [1.54, 1.807) is 31.6 Å². The number of aromatic nitrogens is 5. The summed E-state index contributed by atoms with van der Waals surface area (Å²) in [6.45, 7) is 3.91. The fourth-order valence-corrected chi connectivity index (χ4v) is 4.46. The minimum absolute atomic E-state index is 0.210. The van der Waals surface area contributed by atoms with Crippen molar-refractivity contribution in [3.05, 3.63) is 59.6 Å². The van der Waals surface area contributed by atoms with E-state index >= 15 is 0 Å². The third-order valence-electron chi connectivity index (χ3n) is 6.12. The normalized spacial score (nSPS) is 15.0. The first kappa shape index (κ1) is 23.8.